The van der Waals surface area contributed by atoms with Crippen molar-refractivity contribution in [3.63, 3.8) is 0 Å². The first-order valence-corrected chi connectivity index (χ1v) is 17.1. The SMILES string of the molecule is CO[C@]12CC[C@@]3(C)C(CC[C@@H]3O[Si](C)(C)C(C)(C)C)C1[C@H]1OC(C)(C)O[C@@H]1C1CCCC[C@@]12C. The average Bonchev–Trinajstić information content (AvgIpc) is 3.22. The van der Waals surface area contributed by atoms with Gasteiger partial charge >= 0.3 is 0 Å². The van der Waals surface area contributed by atoms with Crippen molar-refractivity contribution in [1.29, 1.82) is 0 Å². The summed E-state index contributed by atoms with van der Waals surface area (Å²) < 4.78 is 27.6. The van der Waals surface area contributed by atoms with Crippen LogP contribution >= 0.6 is 0 Å². The van der Waals surface area contributed by atoms with E-state index in [2.05, 4.69) is 61.6 Å². The minimum atomic E-state index is -1.84. The third-order valence-corrected chi connectivity index (χ3v) is 16.6. The van der Waals surface area contributed by atoms with Crippen LogP contribution in [0.4, 0.5) is 0 Å². The maximum absolute atomic E-state index is 7.19. The molecular formula is C29H52O4Si. The van der Waals surface area contributed by atoms with Gasteiger partial charge in [0.2, 0.25) is 0 Å². The van der Waals surface area contributed by atoms with Crippen molar-refractivity contribution < 1.29 is 18.6 Å². The molecule has 0 aromatic heterocycles. The summed E-state index contributed by atoms with van der Waals surface area (Å²) in [5, 5.41) is 0.234. The van der Waals surface area contributed by atoms with Crippen LogP contribution in [0.5, 0.6) is 0 Å². The van der Waals surface area contributed by atoms with Crippen LogP contribution in [0.3, 0.4) is 0 Å². The molecule has 4 saturated carbocycles. The first-order valence-electron chi connectivity index (χ1n) is 14.2. The van der Waals surface area contributed by atoms with Gasteiger partial charge in [-0.3, -0.25) is 0 Å². The summed E-state index contributed by atoms with van der Waals surface area (Å²) in [7, 11) is 0.163. The Morgan fingerprint density at radius 1 is 0.824 bits per heavy atom. The molecular weight excluding hydrogens is 440 g/mol. The maximum Gasteiger partial charge on any atom is 0.192 e. The van der Waals surface area contributed by atoms with E-state index in [-0.39, 0.29) is 33.7 Å². The molecule has 3 unspecified atom stereocenters. The van der Waals surface area contributed by atoms with E-state index in [1.807, 2.05) is 7.11 Å². The van der Waals surface area contributed by atoms with Gasteiger partial charge in [-0.05, 0) is 87.8 Å². The zero-order valence-electron chi connectivity index (χ0n) is 23.8. The van der Waals surface area contributed by atoms with E-state index in [0.29, 0.717) is 23.9 Å². The number of hydrogen-bond donors (Lipinski definition) is 0. The van der Waals surface area contributed by atoms with Crippen LogP contribution in [0.2, 0.25) is 18.1 Å². The van der Waals surface area contributed by atoms with E-state index in [1.54, 1.807) is 0 Å². The highest BCUT2D eigenvalue weighted by Crippen LogP contribution is 2.71. The minimum absolute atomic E-state index is 0.126. The molecule has 0 bridgehead atoms. The van der Waals surface area contributed by atoms with E-state index in [1.165, 1.54) is 44.9 Å². The first-order chi connectivity index (χ1) is 15.6. The smallest absolute Gasteiger partial charge is 0.192 e. The lowest BCUT2D eigenvalue weighted by Gasteiger charge is -2.68. The van der Waals surface area contributed by atoms with Crippen LogP contribution in [-0.4, -0.2) is 45.1 Å². The first kappa shape index (κ1) is 25.7. The van der Waals surface area contributed by atoms with E-state index >= 15 is 0 Å². The van der Waals surface area contributed by atoms with Gasteiger partial charge in [-0.25, -0.2) is 0 Å². The van der Waals surface area contributed by atoms with Crippen LogP contribution in [0.1, 0.15) is 99.8 Å². The Morgan fingerprint density at radius 3 is 2.15 bits per heavy atom. The standard InChI is InChI=1S/C29H52O4Si/c1-25(2,3)34(9,10)33-21-15-14-19-22-24-23(31-26(4,5)32-24)20-13-11-12-16-28(20,7)29(22,30-8)18-17-27(19,21)6/h19-24H,11-18H2,1-10H3/t19?,20?,21-,22?,23+,24+,27-,28-,29+/m0/s1. The average molecular weight is 493 g/mol. The molecule has 34 heavy (non-hydrogen) atoms. The molecule has 4 nitrogen and oxygen atoms in total. The van der Waals surface area contributed by atoms with Crippen molar-refractivity contribution in [2.75, 3.05) is 7.11 Å². The Bertz CT molecular complexity index is 804. The van der Waals surface area contributed by atoms with Gasteiger partial charge in [-0.15, -0.1) is 0 Å². The molecule has 5 heteroatoms. The largest absolute Gasteiger partial charge is 0.413 e. The van der Waals surface area contributed by atoms with Gasteiger partial charge < -0.3 is 18.6 Å². The zero-order valence-corrected chi connectivity index (χ0v) is 24.8. The monoisotopic (exact) mass is 492 g/mol. The highest BCUT2D eigenvalue weighted by molar-refractivity contribution is 6.74. The molecule has 0 aromatic rings. The quantitative estimate of drug-likeness (QED) is 0.387. The van der Waals surface area contributed by atoms with Crippen molar-refractivity contribution in [2.24, 2.45) is 28.6 Å². The second-order valence-electron chi connectivity index (χ2n) is 15.0. The van der Waals surface area contributed by atoms with Gasteiger partial charge in [0.1, 0.15) is 0 Å². The van der Waals surface area contributed by atoms with Gasteiger partial charge in [0.15, 0.2) is 14.1 Å². The van der Waals surface area contributed by atoms with Crippen molar-refractivity contribution in [3.8, 4) is 0 Å². The third-order valence-electron chi connectivity index (χ3n) is 12.1. The third kappa shape index (κ3) is 3.35. The van der Waals surface area contributed by atoms with Crippen LogP contribution < -0.4 is 0 Å². The Balaban J connectivity index is 1.56. The van der Waals surface area contributed by atoms with Gasteiger partial charge in [-0.1, -0.05) is 47.5 Å². The van der Waals surface area contributed by atoms with Crippen LogP contribution in [0, 0.1) is 28.6 Å². The van der Waals surface area contributed by atoms with Crippen LogP contribution in [0.25, 0.3) is 0 Å². The van der Waals surface area contributed by atoms with E-state index in [9.17, 15) is 0 Å². The van der Waals surface area contributed by atoms with Crippen LogP contribution in [-0.2, 0) is 18.6 Å². The molecule has 0 spiro atoms. The van der Waals surface area contributed by atoms with E-state index in [0.717, 1.165) is 6.42 Å². The molecule has 196 valence electrons. The number of hydrogen-bond acceptors (Lipinski definition) is 4. The molecule has 0 aromatic carbocycles. The lowest BCUT2D eigenvalue weighted by molar-refractivity contribution is -0.285. The molecule has 0 N–H and O–H groups in total. The number of methoxy groups -OCH3 is 1. The van der Waals surface area contributed by atoms with E-state index in [4.69, 9.17) is 18.6 Å². The summed E-state index contributed by atoms with van der Waals surface area (Å²) in [5.74, 6) is 0.936. The molecule has 4 aliphatic carbocycles. The second kappa shape index (κ2) is 7.79. The summed E-state index contributed by atoms with van der Waals surface area (Å²) in [5.41, 5.74) is 0.203. The van der Waals surface area contributed by atoms with Gasteiger partial charge in [0, 0.05) is 18.4 Å². The fourth-order valence-corrected chi connectivity index (χ4v) is 10.7. The Morgan fingerprint density at radius 2 is 1.50 bits per heavy atom. The molecule has 5 rings (SSSR count). The Hall–Kier alpha value is 0.0569. The lowest BCUT2D eigenvalue weighted by atomic mass is 9.41. The van der Waals surface area contributed by atoms with Gasteiger partial charge in [0.25, 0.3) is 0 Å². The molecule has 0 amide bonds. The fraction of sp³-hybridized carbons (Fsp3) is 1.00. The van der Waals surface area contributed by atoms with Crippen molar-refractivity contribution >= 4 is 8.32 Å². The molecule has 5 aliphatic rings. The molecule has 0 radical (unpaired) electrons. The molecule has 1 heterocycles. The molecule has 1 saturated heterocycles. The van der Waals surface area contributed by atoms with E-state index < -0.39 is 14.1 Å². The predicted octanol–water partition coefficient (Wildman–Crippen LogP) is 7.32. The van der Waals surface area contributed by atoms with Crippen molar-refractivity contribution in [3.05, 3.63) is 0 Å². The predicted molar refractivity (Wildman–Crippen MR) is 139 cm³/mol. The van der Waals surface area contributed by atoms with Crippen molar-refractivity contribution in [1.82, 2.24) is 0 Å². The Kier molecular flexibility index (Phi) is 5.88. The summed E-state index contributed by atoms with van der Waals surface area (Å²) in [6.45, 7) is 21.3. The highest BCUT2D eigenvalue weighted by Gasteiger charge is 2.74. The summed E-state index contributed by atoms with van der Waals surface area (Å²) in [4.78, 5) is 0. The molecule has 1 aliphatic heterocycles. The molecule has 9 atom stereocenters. The summed E-state index contributed by atoms with van der Waals surface area (Å²) in [6, 6.07) is 0. The number of fused-ring (bicyclic) bond motifs is 8. The minimum Gasteiger partial charge on any atom is -0.413 e. The lowest BCUT2D eigenvalue weighted by Crippen LogP contribution is -2.73. The Labute approximate surface area is 210 Å². The van der Waals surface area contributed by atoms with Crippen molar-refractivity contribution in [2.45, 2.75) is 148 Å². The topological polar surface area (TPSA) is 36.9 Å². The molecule has 5 fully saturated rings. The highest BCUT2D eigenvalue weighted by atomic mass is 28.4. The maximum atomic E-state index is 7.19. The second-order valence-corrected chi connectivity index (χ2v) is 19.8. The normalized spacial score (nSPS) is 50.3. The van der Waals surface area contributed by atoms with Gasteiger partial charge in [-0.2, -0.15) is 0 Å². The summed E-state index contributed by atoms with van der Waals surface area (Å²) >= 11 is 0. The fourth-order valence-electron chi connectivity index (χ4n) is 9.29. The number of rotatable bonds is 3. The van der Waals surface area contributed by atoms with Gasteiger partial charge in [0.05, 0.1) is 23.9 Å². The van der Waals surface area contributed by atoms with Crippen LogP contribution in [0.15, 0.2) is 0 Å². The zero-order chi connectivity index (χ0) is 24.9. The number of ether oxygens (including phenoxy) is 3. The summed E-state index contributed by atoms with van der Waals surface area (Å²) in [6.07, 6.45) is 10.5.